The first kappa shape index (κ1) is 26.7. The summed E-state index contributed by atoms with van der Waals surface area (Å²) in [5, 5.41) is 18.4. The van der Waals surface area contributed by atoms with Crippen molar-refractivity contribution >= 4 is 34.9 Å². The molecule has 36 heavy (non-hydrogen) atoms. The van der Waals surface area contributed by atoms with Gasteiger partial charge < -0.3 is 21.7 Å². The van der Waals surface area contributed by atoms with Gasteiger partial charge in [-0.25, -0.2) is 4.39 Å². The molecule has 1 spiro atoms. The number of nitrogens with zero attached hydrogens (tertiary/aromatic N) is 1. The monoisotopic (exact) mass is 515 g/mol. The van der Waals surface area contributed by atoms with E-state index in [-0.39, 0.29) is 16.7 Å². The van der Waals surface area contributed by atoms with Crippen molar-refractivity contribution in [1.29, 1.82) is 0 Å². The lowest BCUT2D eigenvalue weighted by Crippen LogP contribution is -2.24. The molecule has 5 rings (SSSR count). The second kappa shape index (κ2) is 11.3. The standard InChI is InChI=1S/C11H9FN2O.C9H12O4.C6H6ClN/c12-9-7-8(4-5-10(9)13)14-6-2-1-3-11(14)15;10-7(11)5-3-9(1-2-9)4-6(5)8(12)13;7-5-1-3-6(8)4-2-5/h1-7H,13H2;5-6H,1-4H2,(H,10,11)(H,12,13);1-4H,8H2/t;5-,6-;/m.0./s1. The van der Waals surface area contributed by atoms with Crippen LogP contribution in [0.4, 0.5) is 15.8 Å². The van der Waals surface area contributed by atoms with E-state index in [1.165, 1.54) is 22.8 Å². The Morgan fingerprint density at radius 1 is 0.944 bits per heavy atom. The molecule has 0 unspecified atom stereocenters. The number of hydrogen-bond acceptors (Lipinski definition) is 5. The van der Waals surface area contributed by atoms with E-state index in [0.29, 0.717) is 18.5 Å². The van der Waals surface area contributed by atoms with Gasteiger partial charge in [-0.2, -0.15) is 0 Å². The van der Waals surface area contributed by atoms with Gasteiger partial charge in [-0.05, 0) is 73.6 Å². The van der Waals surface area contributed by atoms with Gasteiger partial charge in [-0.15, -0.1) is 0 Å². The van der Waals surface area contributed by atoms with Crippen LogP contribution in [0, 0.1) is 23.1 Å². The van der Waals surface area contributed by atoms with E-state index in [4.69, 9.17) is 33.3 Å². The topological polar surface area (TPSA) is 149 Å². The minimum absolute atomic E-state index is 0.0720. The number of nitrogen functional groups attached to an aromatic ring is 2. The van der Waals surface area contributed by atoms with Gasteiger partial charge in [0.2, 0.25) is 0 Å². The molecule has 2 atom stereocenters. The molecule has 2 aliphatic rings. The van der Waals surface area contributed by atoms with Gasteiger partial charge >= 0.3 is 11.9 Å². The number of anilines is 2. The molecule has 0 amide bonds. The Morgan fingerprint density at radius 3 is 1.97 bits per heavy atom. The summed E-state index contributed by atoms with van der Waals surface area (Å²) in [7, 11) is 0. The molecule has 8 nitrogen and oxygen atoms in total. The molecule has 0 radical (unpaired) electrons. The van der Waals surface area contributed by atoms with Crippen molar-refractivity contribution in [2.75, 3.05) is 11.5 Å². The molecule has 0 bridgehead atoms. The number of aliphatic carboxylic acids is 2. The third-order valence-electron chi connectivity index (χ3n) is 6.34. The average molecular weight is 516 g/mol. The number of carboxylic acid groups (broad SMARTS) is 2. The van der Waals surface area contributed by atoms with Crippen molar-refractivity contribution < 1.29 is 24.2 Å². The van der Waals surface area contributed by atoms with Crippen LogP contribution in [-0.2, 0) is 9.59 Å². The van der Waals surface area contributed by atoms with E-state index >= 15 is 0 Å². The molecule has 0 saturated heterocycles. The predicted molar refractivity (Wildman–Crippen MR) is 135 cm³/mol. The van der Waals surface area contributed by atoms with Crippen molar-refractivity contribution in [3.8, 4) is 5.69 Å². The first-order valence-corrected chi connectivity index (χ1v) is 11.6. The first-order chi connectivity index (χ1) is 17.0. The Kier molecular flexibility index (Phi) is 8.37. The molecule has 1 aromatic heterocycles. The van der Waals surface area contributed by atoms with Gasteiger partial charge in [0, 0.05) is 29.0 Å². The largest absolute Gasteiger partial charge is 0.481 e. The fourth-order valence-electron chi connectivity index (χ4n) is 4.17. The van der Waals surface area contributed by atoms with E-state index in [9.17, 15) is 18.8 Å². The zero-order chi connectivity index (χ0) is 26.5. The third kappa shape index (κ3) is 6.85. The number of nitrogens with two attached hydrogens (primary N) is 2. The van der Waals surface area contributed by atoms with Crippen molar-refractivity contribution in [1.82, 2.24) is 4.57 Å². The van der Waals surface area contributed by atoms with Crippen LogP contribution in [0.15, 0.2) is 71.7 Å². The van der Waals surface area contributed by atoms with Crippen LogP contribution >= 0.6 is 11.6 Å². The van der Waals surface area contributed by atoms with Crippen LogP contribution in [0.3, 0.4) is 0 Å². The predicted octanol–water partition coefficient (Wildman–Crippen LogP) is 4.44. The zero-order valence-electron chi connectivity index (χ0n) is 19.3. The number of hydrogen-bond donors (Lipinski definition) is 4. The fraction of sp³-hybridized carbons (Fsp3) is 0.269. The van der Waals surface area contributed by atoms with E-state index < -0.39 is 29.6 Å². The van der Waals surface area contributed by atoms with Crippen molar-refractivity contribution in [3.63, 3.8) is 0 Å². The molecule has 2 aromatic carbocycles. The summed E-state index contributed by atoms with van der Waals surface area (Å²) in [6.07, 6.45) is 4.74. The van der Waals surface area contributed by atoms with Crippen LogP contribution in [0.5, 0.6) is 0 Å². The molecular weight excluding hydrogens is 489 g/mol. The summed E-state index contributed by atoms with van der Waals surface area (Å²) in [5.41, 5.74) is 11.9. The maximum Gasteiger partial charge on any atom is 0.307 e. The summed E-state index contributed by atoms with van der Waals surface area (Å²) in [4.78, 5) is 33.0. The molecule has 3 aromatic rings. The van der Waals surface area contributed by atoms with Crippen molar-refractivity contribution in [2.45, 2.75) is 25.7 Å². The number of benzene rings is 2. The lowest BCUT2D eigenvalue weighted by molar-refractivity contribution is -0.152. The van der Waals surface area contributed by atoms with Gasteiger partial charge in [0.1, 0.15) is 5.82 Å². The van der Waals surface area contributed by atoms with Crippen LogP contribution in [-0.4, -0.2) is 26.7 Å². The second-order valence-electron chi connectivity index (χ2n) is 8.96. The Hall–Kier alpha value is -3.85. The average Bonchev–Trinajstić information content (AvgIpc) is 3.48. The van der Waals surface area contributed by atoms with E-state index in [1.807, 2.05) is 0 Å². The molecule has 0 aliphatic heterocycles. The lowest BCUT2D eigenvalue weighted by Gasteiger charge is -2.08. The van der Waals surface area contributed by atoms with E-state index in [2.05, 4.69) is 0 Å². The molecule has 6 N–H and O–H groups in total. The molecular formula is C26H27ClFN3O5. The third-order valence-corrected chi connectivity index (χ3v) is 6.59. The Labute approximate surface area is 211 Å². The highest BCUT2D eigenvalue weighted by atomic mass is 35.5. The molecule has 1 heterocycles. The zero-order valence-corrected chi connectivity index (χ0v) is 20.1. The first-order valence-electron chi connectivity index (χ1n) is 11.2. The second-order valence-corrected chi connectivity index (χ2v) is 9.40. The quantitative estimate of drug-likeness (QED) is 0.376. The van der Waals surface area contributed by atoms with E-state index in [1.54, 1.807) is 48.7 Å². The molecule has 2 aliphatic carbocycles. The highest BCUT2D eigenvalue weighted by Gasteiger charge is 2.56. The van der Waals surface area contributed by atoms with Crippen LogP contribution < -0.4 is 17.0 Å². The number of carboxylic acids is 2. The maximum absolute atomic E-state index is 13.2. The maximum atomic E-state index is 13.2. The molecule has 190 valence electrons. The fourth-order valence-corrected chi connectivity index (χ4v) is 4.30. The Bertz CT molecular complexity index is 1250. The Balaban J connectivity index is 0.000000157. The van der Waals surface area contributed by atoms with Gasteiger partial charge in [0.05, 0.1) is 23.2 Å². The summed E-state index contributed by atoms with van der Waals surface area (Å²) in [6.45, 7) is 0. The molecule has 10 heteroatoms. The smallest absolute Gasteiger partial charge is 0.307 e. The van der Waals surface area contributed by atoms with Crippen LogP contribution in [0.2, 0.25) is 5.02 Å². The number of rotatable bonds is 3. The normalized spacial score (nSPS) is 18.8. The number of halogens is 2. The summed E-state index contributed by atoms with van der Waals surface area (Å²) in [5.74, 6) is -3.73. The number of carbonyl (C=O) groups is 2. The van der Waals surface area contributed by atoms with Crippen molar-refractivity contribution in [2.24, 2.45) is 17.3 Å². The minimum atomic E-state index is -0.948. The van der Waals surface area contributed by atoms with Gasteiger partial charge in [-0.3, -0.25) is 19.0 Å². The van der Waals surface area contributed by atoms with Gasteiger partial charge in [0.15, 0.2) is 0 Å². The van der Waals surface area contributed by atoms with E-state index in [0.717, 1.165) is 23.6 Å². The van der Waals surface area contributed by atoms with Crippen molar-refractivity contribution in [3.05, 3.63) is 88.1 Å². The van der Waals surface area contributed by atoms with Crippen LogP contribution in [0.1, 0.15) is 25.7 Å². The summed E-state index contributed by atoms with van der Waals surface area (Å²) < 4.78 is 14.5. The van der Waals surface area contributed by atoms with Crippen LogP contribution in [0.25, 0.3) is 5.69 Å². The highest BCUT2D eigenvalue weighted by Crippen LogP contribution is 2.61. The molecule has 2 fully saturated rings. The number of aromatic nitrogens is 1. The molecule has 2 saturated carbocycles. The highest BCUT2D eigenvalue weighted by molar-refractivity contribution is 6.30. The number of pyridine rings is 1. The minimum Gasteiger partial charge on any atom is -0.481 e. The van der Waals surface area contributed by atoms with Gasteiger partial charge in [-0.1, -0.05) is 17.7 Å². The van der Waals surface area contributed by atoms with Gasteiger partial charge in [0.25, 0.3) is 5.56 Å². The Morgan fingerprint density at radius 2 is 1.53 bits per heavy atom. The SMILES string of the molecule is Nc1ccc(-n2ccccc2=O)cc1F.Nc1ccc(Cl)cc1.O=C(O)[C@H]1CC2(CC2)C[C@@H]1C(=O)O. The summed E-state index contributed by atoms with van der Waals surface area (Å²) >= 11 is 5.56. The summed E-state index contributed by atoms with van der Waals surface area (Å²) in [6, 6.07) is 16.1. The lowest BCUT2D eigenvalue weighted by atomic mass is 9.97.